The Morgan fingerprint density at radius 3 is 2.30 bits per heavy atom. The molecule has 63 heavy (non-hydrogen) atoms. The standard InChI is InChI=1S/C46H64N8O9/c1-33-30-34(31-39-42(33)48(2)45(58)62-39)32-40(63-46(59)53-18-11-37(12-19-53)54-20-8-35-6-3-4-7-38(35)47-44(54)57)43(56)52-23-21-51(22-24-52)36-9-15-50(16-10-36)17-13-41(55)61-27-5-14-49-25-28-60-29-26-49/h3-4,6-7,30-31,36-37,40H,5,8-29,32H2,1-2H3,(H,47,57)/t40-/m1/s1. The molecule has 0 radical (unpaired) electrons. The van der Waals surface area contributed by atoms with Crippen molar-refractivity contribution in [2.24, 2.45) is 7.05 Å². The number of carbonyl (C=O) groups is 4. The monoisotopic (exact) mass is 872 g/mol. The summed E-state index contributed by atoms with van der Waals surface area (Å²) in [5.74, 6) is -0.848. The number of esters is 1. The normalized spacial score (nSPS) is 20.6. The number of hydrogen-bond acceptors (Lipinski definition) is 12. The second-order valence-electron chi connectivity index (χ2n) is 17.7. The lowest BCUT2D eigenvalue weighted by Crippen LogP contribution is -2.56. The van der Waals surface area contributed by atoms with Crippen molar-refractivity contribution in [3.05, 3.63) is 63.6 Å². The maximum atomic E-state index is 14.4. The molecule has 0 bridgehead atoms. The highest BCUT2D eigenvalue weighted by Gasteiger charge is 2.37. The number of aryl methyl sites for hydroxylation is 2. The summed E-state index contributed by atoms with van der Waals surface area (Å²) >= 11 is 0. The number of morpholine rings is 1. The van der Waals surface area contributed by atoms with Crippen LogP contribution in [0.1, 0.15) is 55.2 Å². The van der Waals surface area contributed by atoms with Gasteiger partial charge in [-0.2, -0.15) is 0 Å². The zero-order valence-corrected chi connectivity index (χ0v) is 37.0. The number of aromatic nitrogens is 1. The number of nitrogens with zero attached hydrogens (tertiary/aromatic N) is 7. The highest BCUT2D eigenvalue weighted by molar-refractivity contribution is 5.91. The lowest BCUT2D eigenvalue weighted by molar-refractivity contribution is -0.145. The van der Waals surface area contributed by atoms with E-state index in [0.29, 0.717) is 82.3 Å². The zero-order chi connectivity index (χ0) is 43.9. The van der Waals surface area contributed by atoms with Crippen molar-refractivity contribution in [2.75, 3.05) is 110 Å². The van der Waals surface area contributed by atoms with Crippen LogP contribution in [-0.2, 0) is 43.7 Å². The van der Waals surface area contributed by atoms with Crippen LogP contribution in [0.25, 0.3) is 11.1 Å². The van der Waals surface area contributed by atoms with Crippen molar-refractivity contribution in [2.45, 2.75) is 76.5 Å². The average Bonchev–Trinajstić information content (AvgIpc) is 3.48. The van der Waals surface area contributed by atoms with E-state index in [1.54, 1.807) is 18.0 Å². The number of oxazole rings is 1. The first-order chi connectivity index (χ1) is 30.6. The largest absolute Gasteiger partial charge is 0.466 e. The molecule has 4 fully saturated rings. The summed E-state index contributed by atoms with van der Waals surface area (Å²) in [7, 11) is 1.66. The molecule has 342 valence electrons. The first-order valence-corrected chi connectivity index (χ1v) is 23.0. The van der Waals surface area contributed by atoms with Crippen molar-refractivity contribution in [3.8, 4) is 0 Å². The molecule has 8 rings (SSSR count). The van der Waals surface area contributed by atoms with Crippen LogP contribution in [0.3, 0.4) is 0 Å². The molecule has 0 unspecified atom stereocenters. The van der Waals surface area contributed by atoms with Crippen LogP contribution >= 0.6 is 0 Å². The SMILES string of the molecule is Cc1cc(C[C@@H](OC(=O)N2CCC(N3CCc4ccccc4NC3=O)CC2)C(=O)N2CCN(C3CCN(CCC(=O)OCCCN4CCOCC4)CC3)CC2)cc2oc(=O)n(C)c12. The smallest absolute Gasteiger partial charge is 0.419 e. The summed E-state index contributed by atoms with van der Waals surface area (Å²) in [6.07, 6.45) is 3.68. The third-order valence-corrected chi connectivity index (χ3v) is 13.7. The molecule has 0 spiro atoms. The van der Waals surface area contributed by atoms with Crippen LogP contribution in [0.5, 0.6) is 0 Å². The fourth-order valence-electron chi connectivity index (χ4n) is 10.0. The van der Waals surface area contributed by atoms with Gasteiger partial charge < -0.3 is 43.5 Å². The van der Waals surface area contributed by atoms with Crippen molar-refractivity contribution in [1.29, 1.82) is 0 Å². The van der Waals surface area contributed by atoms with E-state index in [4.69, 9.17) is 18.6 Å². The summed E-state index contributed by atoms with van der Waals surface area (Å²) in [6.45, 7) is 13.1. The summed E-state index contributed by atoms with van der Waals surface area (Å²) in [6, 6.07) is 11.8. The minimum absolute atomic E-state index is 0.0237. The van der Waals surface area contributed by atoms with Gasteiger partial charge in [0.25, 0.3) is 5.91 Å². The molecule has 5 aliphatic heterocycles. The van der Waals surface area contributed by atoms with Gasteiger partial charge in [0.05, 0.1) is 31.8 Å². The number of urea groups is 1. The number of para-hydroxylation sites is 1. The minimum Gasteiger partial charge on any atom is -0.466 e. The number of carbonyl (C=O) groups excluding carboxylic acids is 4. The second kappa shape index (κ2) is 20.7. The maximum absolute atomic E-state index is 14.4. The molecule has 4 amide bonds. The third-order valence-electron chi connectivity index (χ3n) is 13.7. The number of rotatable bonds is 13. The number of hydrogen-bond donors (Lipinski definition) is 1. The Morgan fingerprint density at radius 1 is 0.825 bits per heavy atom. The van der Waals surface area contributed by atoms with Crippen molar-refractivity contribution in [3.63, 3.8) is 0 Å². The van der Waals surface area contributed by atoms with Crippen molar-refractivity contribution >= 4 is 40.8 Å². The molecule has 3 aromatic rings. The predicted octanol–water partition coefficient (Wildman–Crippen LogP) is 3.31. The van der Waals surface area contributed by atoms with Gasteiger partial charge in [0.1, 0.15) is 0 Å². The van der Waals surface area contributed by atoms with Crippen LogP contribution < -0.4 is 11.1 Å². The van der Waals surface area contributed by atoms with E-state index in [-0.39, 0.29) is 30.4 Å². The lowest BCUT2D eigenvalue weighted by Gasteiger charge is -2.43. The molecule has 1 aromatic heterocycles. The van der Waals surface area contributed by atoms with Gasteiger partial charge in [-0.25, -0.2) is 14.4 Å². The summed E-state index contributed by atoms with van der Waals surface area (Å²) in [5.41, 5.74) is 4.61. The Labute approximate surface area is 369 Å². The minimum atomic E-state index is -1.08. The first-order valence-electron chi connectivity index (χ1n) is 23.0. The fourth-order valence-corrected chi connectivity index (χ4v) is 10.0. The molecule has 4 saturated heterocycles. The van der Waals surface area contributed by atoms with Gasteiger partial charge in [-0.1, -0.05) is 24.3 Å². The fraction of sp³-hybridized carbons (Fsp3) is 0.630. The number of ether oxygens (including phenoxy) is 3. The van der Waals surface area contributed by atoms with Gasteiger partial charge >= 0.3 is 23.8 Å². The highest BCUT2D eigenvalue weighted by atomic mass is 16.6. The third kappa shape index (κ3) is 11.0. The Morgan fingerprint density at radius 2 is 1.54 bits per heavy atom. The van der Waals surface area contributed by atoms with E-state index >= 15 is 0 Å². The van der Waals surface area contributed by atoms with E-state index in [1.807, 2.05) is 47.1 Å². The molecule has 6 heterocycles. The zero-order valence-electron chi connectivity index (χ0n) is 37.0. The summed E-state index contributed by atoms with van der Waals surface area (Å²) in [4.78, 5) is 78.8. The number of amides is 4. The van der Waals surface area contributed by atoms with Gasteiger partial charge in [-0.3, -0.25) is 24.0 Å². The topological polar surface area (TPSA) is 163 Å². The molecular weight excluding hydrogens is 809 g/mol. The molecule has 17 heteroatoms. The van der Waals surface area contributed by atoms with E-state index in [9.17, 15) is 24.0 Å². The predicted molar refractivity (Wildman–Crippen MR) is 236 cm³/mol. The maximum Gasteiger partial charge on any atom is 0.419 e. The molecular formula is C46H64N8O9. The van der Waals surface area contributed by atoms with Crippen LogP contribution in [0.15, 0.2) is 45.6 Å². The van der Waals surface area contributed by atoms with Gasteiger partial charge in [0.2, 0.25) is 0 Å². The Bertz CT molecular complexity index is 2130. The highest BCUT2D eigenvalue weighted by Crippen LogP contribution is 2.27. The van der Waals surface area contributed by atoms with Gasteiger partial charge in [-0.05, 0) is 87.4 Å². The molecule has 17 nitrogen and oxygen atoms in total. The van der Waals surface area contributed by atoms with Gasteiger partial charge in [0.15, 0.2) is 11.7 Å². The molecule has 2 aromatic carbocycles. The summed E-state index contributed by atoms with van der Waals surface area (Å²) in [5, 5.41) is 3.05. The van der Waals surface area contributed by atoms with E-state index in [2.05, 4.69) is 20.0 Å². The lowest BCUT2D eigenvalue weighted by atomic mass is 10.0. The Hall–Kier alpha value is -4.97. The Kier molecular flexibility index (Phi) is 14.7. The van der Waals surface area contributed by atoms with Crippen LogP contribution in [-0.4, -0.2) is 181 Å². The van der Waals surface area contributed by atoms with E-state index in [0.717, 1.165) is 107 Å². The summed E-state index contributed by atoms with van der Waals surface area (Å²) < 4.78 is 24.0. The molecule has 0 saturated carbocycles. The number of fused-ring (bicyclic) bond motifs is 2. The second-order valence-corrected chi connectivity index (χ2v) is 17.7. The molecule has 0 aliphatic carbocycles. The van der Waals surface area contributed by atoms with Gasteiger partial charge in [0, 0.05) is 103 Å². The molecule has 1 atom stereocenters. The number of benzene rings is 2. The average molecular weight is 873 g/mol. The Balaban J connectivity index is 0.824. The number of piperidine rings is 2. The van der Waals surface area contributed by atoms with Crippen molar-refractivity contribution < 1.29 is 37.8 Å². The molecule has 5 aliphatic rings. The molecule has 1 N–H and O–H groups in total. The quantitative estimate of drug-likeness (QED) is 0.198. The van der Waals surface area contributed by atoms with E-state index in [1.165, 1.54) is 4.57 Å². The van der Waals surface area contributed by atoms with Crippen LogP contribution in [0.4, 0.5) is 15.3 Å². The number of nitrogens with one attached hydrogen (secondary N) is 1. The van der Waals surface area contributed by atoms with Crippen molar-refractivity contribution in [1.82, 2.24) is 34.0 Å². The number of piperazine rings is 1. The first kappa shape index (κ1) is 44.6. The van der Waals surface area contributed by atoms with E-state index < -0.39 is 18.0 Å². The van der Waals surface area contributed by atoms with Crippen LogP contribution in [0, 0.1) is 6.92 Å². The number of anilines is 1. The van der Waals surface area contributed by atoms with Gasteiger partial charge in [-0.15, -0.1) is 0 Å². The van der Waals surface area contributed by atoms with Crippen LogP contribution in [0.2, 0.25) is 0 Å². The number of likely N-dealkylation sites (tertiary alicyclic amines) is 2.